The fourth-order valence-electron chi connectivity index (χ4n) is 3.38. The van der Waals surface area contributed by atoms with Gasteiger partial charge in [-0.05, 0) is 36.9 Å². The number of benzene rings is 1. The molecule has 0 N–H and O–H groups in total. The average Bonchev–Trinajstić information content (AvgIpc) is 3.04. The first-order valence-corrected chi connectivity index (χ1v) is 9.58. The molecule has 148 valence electrons. The lowest BCUT2D eigenvalue weighted by molar-refractivity contribution is 0.647. The molecule has 0 bridgehead atoms. The predicted molar refractivity (Wildman–Crippen MR) is 115 cm³/mol. The summed E-state index contributed by atoms with van der Waals surface area (Å²) in [5.41, 5.74) is 1.43. The Labute approximate surface area is 171 Å². The first-order valence-electron chi connectivity index (χ1n) is 9.20. The van der Waals surface area contributed by atoms with Gasteiger partial charge in [0, 0.05) is 25.2 Å². The number of halogens is 1. The molecule has 0 saturated carbocycles. The van der Waals surface area contributed by atoms with Crippen molar-refractivity contribution in [1.29, 1.82) is 0 Å². The summed E-state index contributed by atoms with van der Waals surface area (Å²) in [6, 6.07) is 9.65. The highest BCUT2D eigenvalue weighted by Gasteiger charge is 2.19. The molecule has 7 nitrogen and oxygen atoms in total. The monoisotopic (exact) mass is 409 g/mol. The molecule has 1 aromatic carbocycles. The predicted octanol–water partition coefficient (Wildman–Crippen LogP) is 3.11. The van der Waals surface area contributed by atoms with Gasteiger partial charge in [0.1, 0.15) is 0 Å². The van der Waals surface area contributed by atoms with E-state index in [-0.39, 0.29) is 17.5 Å². The van der Waals surface area contributed by atoms with Gasteiger partial charge in [0.25, 0.3) is 5.56 Å². The van der Waals surface area contributed by atoms with E-state index in [2.05, 4.69) is 9.97 Å². The number of hydrogen-bond acceptors (Lipinski definition) is 4. The summed E-state index contributed by atoms with van der Waals surface area (Å²) in [4.78, 5) is 34.9. The molecule has 4 rings (SSSR count). The van der Waals surface area contributed by atoms with Gasteiger partial charge in [-0.25, -0.2) is 4.79 Å². The number of fused-ring (bicyclic) bond motifs is 2. The number of rotatable bonds is 4. The minimum absolute atomic E-state index is 0.0637. The molecule has 0 atom stereocenters. The van der Waals surface area contributed by atoms with E-state index < -0.39 is 11.2 Å². The quantitative estimate of drug-likeness (QED) is 0.383. The minimum Gasteiger partial charge on any atom is -0.305 e. The van der Waals surface area contributed by atoms with Gasteiger partial charge in [-0.15, -0.1) is 0 Å². The molecule has 0 saturated heterocycles. The van der Waals surface area contributed by atoms with Crippen molar-refractivity contribution in [2.75, 3.05) is 0 Å². The first-order chi connectivity index (χ1) is 13.9. The smallest absolute Gasteiger partial charge is 0.305 e. The Morgan fingerprint density at radius 1 is 1.14 bits per heavy atom. The van der Waals surface area contributed by atoms with Crippen molar-refractivity contribution >= 4 is 33.5 Å². The van der Waals surface area contributed by atoms with E-state index in [1.54, 1.807) is 17.8 Å². The van der Waals surface area contributed by atoms with Crippen molar-refractivity contribution in [3.05, 3.63) is 80.0 Å². The van der Waals surface area contributed by atoms with E-state index in [4.69, 9.17) is 11.6 Å². The van der Waals surface area contributed by atoms with Gasteiger partial charge in [-0.2, -0.15) is 4.98 Å². The standard InChI is InChI=1S/C21H20ClN5O2/c1-13(2)9-11-26-17-18(24-20(26)22)25(3)21(29)27(19(17)28)12-16-15-7-5-4-6-14(15)8-10-23-16/h4-10H,11-12H2,1-3H3. The highest BCUT2D eigenvalue weighted by molar-refractivity contribution is 6.29. The van der Waals surface area contributed by atoms with Crippen molar-refractivity contribution < 1.29 is 0 Å². The molecule has 0 amide bonds. The minimum atomic E-state index is -0.458. The zero-order chi connectivity index (χ0) is 20.7. The SMILES string of the molecule is CC(C)=CCn1c(Cl)nc2c1c(=O)n(Cc1nccc3ccccc13)c(=O)n2C. The fraction of sp³-hybridized carbons (Fsp3) is 0.238. The van der Waals surface area contributed by atoms with Gasteiger partial charge in [-0.1, -0.05) is 35.9 Å². The lowest BCUT2D eigenvalue weighted by Gasteiger charge is -2.10. The molecule has 29 heavy (non-hydrogen) atoms. The molecule has 0 fully saturated rings. The van der Waals surface area contributed by atoms with Crippen molar-refractivity contribution in [2.24, 2.45) is 7.05 Å². The van der Waals surface area contributed by atoms with Crippen LogP contribution in [0.25, 0.3) is 21.9 Å². The van der Waals surface area contributed by atoms with Gasteiger partial charge < -0.3 is 4.57 Å². The maximum atomic E-state index is 13.3. The van der Waals surface area contributed by atoms with Gasteiger partial charge in [0.05, 0.1) is 12.2 Å². The Bertz CT molecular complexity index is 1380. The lowest BCUT2D eigenvalue weighted by atomic mass is 10.1. The molecule has 0 aliphatic rings. The summed E-state index contributed by atoms with van der Waals surface area (Å²) in [7, 11) is 1.59. The Kier molecular flexibility index (Phi) is 4.84. The van der Waals surface area contributed by atoms with Gasteiger partial charge in [-0.3, -0.25) is 18.9 Å². The van der Waals surface area contributed by atoms with Crippen LogP contribution in [0.1, 0.15) is 19.5 Å². The molecule has 3 aromatic heterocycles. The van der Waals surface area contributed by atoms with Crippen molar-refractivity contribution in [1.82, 2.24) is 23.7 Å². The molecule has 0 aliphatic carbocycles. The van der Waals surface area contributed by atoms with Gasteiger partial charge >= 0.3 is 5.69 Å². The number of aryl methyl sites for hydroxylation is 1. The molecule has 0 radical (unpaired) electrons. The van der Waals surface area contributed by atoms with E-state index >= 15 is 0 Å². The third-order valence-corrected chi connectivity index (χ3v) is 5.22. The van der Waals surface area contributed by atoms with Gasteiger partial charge in [0.2, 0.25) is 5.28 Å². The lowest BCUT2D eigenvalue weighted by Crippen LogP contribution is -2.40. The molecular formula is C21H20ClN5O2. The molecule has 4 aromatic rings. The largest absolute Gasteiger partial charge is 0.332 e. The van der Waals surface area contributed by atoms with Crippen molar-refractivity contribution in [3.63, 3.8) is 0 Å². The van der Waals surface area contributed by atoms with Gasteiger partial charge in [0.15, 0.2) is 11.2 Å². The van der Waals surface area contributed by atoms with Crippen LogP contribution in [0.15, 0.2) is 57.8 Å². The molecule has 8 heteroatoms. The van der Waals surface area contributed by atoms with Crippen LogP contribution in [-0.2, 0) is 20.1 Å². The van der Waals surface area contributed by atoms with Crippen LogP contribution in [0, 0.1) is 0 Å². The van der Waals surface area contributed by atoms with Crippen molar-refractivity contribution in [3.8, 4) is 0 Å². The van der Waals surface area contributed by atoms with Crippen LogP contribution < -0.4 is 11.2 Å². The summed E-state index contributed by atoms with van der Waals surface area (Å²) in [5, 5.41) is 2.07. The Balaban J connectivity index is 1.95. The Morgan fingerprint density at radius 3 is 2.66 bits per heavy atom. The van der Waals surface area contributed by atoms with Crippen LogP contribution in [-0.4, -0.2) is 23.7 Å². The summed E-state index contributed by atoms with van der Waals surface area (Å²) in [5.74, 6) is 0. The van der Waals surface area contributed by atoms with Crippen LogP contribution in [0.5, 0.6) is 0 Å². The van der Waals surface area contributed by atoms with Crippen LogP contribution in [0.2, 0.25) is 5.28 Å². The first kappa shape index (κ1) is 19.1. The second-order valence-electron chi connectivity index (χ2n) is 7.16. The third kappa shape index (κ3) is 3.27. The number of aromatic nitrogens is 5. The average molecular weight is 410 g/mol. The second-order valence-corrected chi connectivity index (χ2v) is 7.49. The summed E-state index contributed by atoms with van der Waals surface area (Å²) in [6.45, 7) is 4.40. The number of pyridine rings is 1. The Hall–Kier alpha value is -3.19. The summed E-state index contributed by atoms with van der Waals surface area (Å²) in [6.07, 6.45) is 3.63. The van der Waals surface area contributed by atoms with Crippen molar-refractivity contribution in [2.45, 2.75) is 26.9 Å². The number of allylic oxidation sites excluding steroid dienone is 2. The van der Waals surface area contributed by atoms with Crippen LogP contribution in [0.4, 0.5) is 0 Å². The summed E-state index contributed by atoms with van der Waals surface area (Å²) >= 11 is 6.28. The third-order valence-electron chi connectivity index (χ3n) is 4.93. The number of imidazole rings is 1. The fourth-order valence-corrected chi connectivity index (χ4v) is 3.62. The summed E-state index contributed by atoms with van der Waals surface area (Å²) < 4.78 is 4.17. The van der Waals surface area contributed by atoms with E-state index in [0.29, 0.717) is 17.8 Å². The molecule has 0 unspecified atom stereocenters. The molecule has 3 heterocycles. The number of hydrogen-bond donors (Lipinski definition) is 0. The normalized spacial score (nSPS) is 11.3. The van der Waals surface area contributed by atoms with E-state index in [0.717, 1.165) is 16.3 Å². The zero-order valence-electron chi connectivity index (χ0n) is 16.4. The highest BCUT2D eigenvalue weighted by atomic mass is 35.5. The second kappa shape index (κ2) is 7.33. The van der Waals surface area contributed by atoms with Crippen LogP contribution in [0.3, 0.4) is 0 Å². The molecule has 0 aliphatic heterocycles. The zero-order valence-corrected chi connectivity index (χ0v) is 17.1. The van der Waals surface area contributed by atoms with E-state index in [9.17, 15) is 9.59 Å². The Morgan fingerprint density at radius 2 is 1.90 bits per heavy atom. The van der Waals surface area contributed by atoms with Crippen LogP contribution >= 0.6 is 11.6 Å². The van der Waals surface area contributed by atoms with E-state index in [1.807, 2.05) is 50.3 Å². The molecule has 0 spiro atoms. The maximum absolute atomic E-state index is 13.3. The topological polar surface area (TPSA) is 74.7 Å². The maximum Gasteiger partial charge on any atom is 0.332 e. The number of nitrogens with zero attached hydrogens (tertiary/aromatic N) is 5. The van der Waals surface area contributed by atoms with E-state index in [1.165, 1.54) is 9.13 Å². The highest BCUT2D eigenvalue weighted by Crippen LogP contribution is 2.18. The molecular weight excluding hydrogens is 390 g/mol.